The lowest BCUT2D eigenvalue weighted by Crippen LogP contribution is -2.15. The molecule has 0 aliphatic carbocycles. The van der Waals surface area contributed by atoms with Gasteiger partial charge in [0.2, 0.25) is 5.91 Å². The summed E-state index contributed by atoms with van der Waals surface area (Å²) in [6.07, 6.45) is 0. The maximum Gasteiger partial charge on any atom is 0.387 e. The quantitative estimate of drug-likeness (QED) is 0.725. The number of rotatable bonds is 7. The average Bonchev–Trinajstić information content (AvgIpc) is 2.55. The van der Waals surface area contributed by atoms with E-state index in [4.69, 9.17) is 5.11 Å². The van der Waals surface area contributed by atoms with E-state index in [1.54, 1.807) is 42.5 Å². The lowest BCUT2D eigenvalue weighted by atomic mass is 10.1. The lowest BCUT2D eigenvalue weighted by Gasteiger charge is -2.19. The van der Waals surface area contributed by atoms with Gasteiger partial charge in [-0.15, -0.1) is 0 Å². The minimum absolute atomic E-state index is 0.109. The number of aliphatic hydroxyl groups is 1. The highest BCUT2D eigenvalue weighted by molar-refractivity contribution is 5.91. The van der Waals surface area contributed by atoms with Crippen LogP contribution in [0.25, 0.3) is 0 Å². The normalized spacial score (nSPS) is 11.9. The van der Waals surface area contributed by atoms with E-state index in [2.05, 4.69) is 15.4 Å². The van der Waals surface area contributed by atoms with E-state index in [9.17, 15) is 13.6 Å². The molecule has 24 heavy (non-hydrogen) atoms. The van der Waals surface area contributed by atoms with Gasteiger partial charge in [0, 0.05) is 16.9 Å². The minimum atomic E-state index is -2.89. The average molecular weight is 336 g/mol. The zero-order valence-corrected chi connectivity index (χ0v) is 13.0. The Labute approximate surface area is 138 Å². The number of alkyl halides is 2. The zero-order valence-electron chi connectivity index (χ0n) is 13.0. The van der Waals surface area contributed by atoms with Gasteiger partial charge in [0.25, 0.3) is 0 Å². The summed E-state index contributed by atoms with van der Waals surface area (Å²) in [6, 6.07) is 13.1. The summed E-state index contributed by atoms with van der Waals surface area (Å²) in [6.45, 7) is -1.69. The molecule has 7 heteroatoms. The predicted molar refractivity (Wildman–Crippen MR) is 87.3 cm³/mol. The van der Waals surface area contributed by atoms with Crippen LogP contribution in [0.3, 0.4) is 0 Å². The number of aliphatic hydroxyl groups excluding tert-OH is 1. The van der Waals surface area contributed by atoms with Crippen LogP contribution >= 0.6 is 0 Å². The molecule has 5 nitrogen and oxygen atoms in total. The highest BCUT2D eigenvalue weighted by Crippen LogP contribution is 2.29. The van der Waals surface area contributed by atoms with Crippen LogP contribution in [-0.2, 0) is 4.79 Å². The van der Waals surface area contributed by atoms with E-state index in [-0.39, 0.29) is 11.8 Å². The lowest BCUT2D eigenvalue weighted by molar-refractivity contribution is -0.118. The van der Waals surface area contributed by atoms with Crippen molar-refractivity contribution in [3.63, 3.8) is 0 Å². The van der Waals surface area contributed by atoms with Crippen LogP contribution in [0.2, 0.25) is 0 Å². The van der Waals surface area contributed by atoms with Gasteiger partial charge >= 0.3 is 6.61 Å². The number of para-hydroxylation sites is 1. The van der Waals surface area contributed by atoms with Crippen LogP contribution in [0.1, 0.15) is 18.5 Å². The topological polar surface area (TPSA) is 70.6 Å². The number of nitrogens with one attached hydrogen (secondary N) is 2. The molecule has 0 saturated carbocycles. The first-order valence-corrected chi connectivity index (χ1v) is 7.30. The summed E-state index contributed by atoms with van der Waals surface area (Å²) in [5.74, 6) is -0.409. The third kappa shape index (κ3) is 4.92. The molecule has 128 valence electrons. The Kier molecular flexibility index (Phi) is 6.08. The smallest absolute Gasteiger partial charge is 0.387 e. The van der Waals surface area contributed by atoms with Gasteiger partial charge in [-0.05, 0) is 31.2 Å². The Balaban J connectivity index is 2.14. The number of hydrogen-bond donors (Lipinski definition) is 3. The van der Waals surface area contributed by atoms with Crippen LogP contribution in [0.15, 0.2) is 48.5 Å². The SMILES string of the molecule is CC(Nc1cccc(NC(=O)CO)c1)c1ccccc1OC(F)F. The standard InChI is InChI=1S/C17H18F2N2O3/c1-11(14-7-2-3-8-15(14)24-17(18)19)20-12-5-4-6-13(9-12)21-16(23)10-22/h2-9,11,17,20,22H,10H2,1H3,(H,21,23). The largest absolute Gasteiger partial charge is 0.434 e. The van der Waals surface area contributed by atoms with Crippen LogP contribution < -0.4 is 15.4 Å². The van der Waals surface area contributed by atoms with Gasteiger partial charge in [-0.3, -0.25) is 4.79 Å². The molecule has 0 fully saturated rings. The number of amides is 1. The Morgan fingerprint density at radius 2 is 1.88 bits per heavy atom. The van der Waals surface area contributed by atoms with Gasteiger partial charge < -0.3 is 20.5 Å². The second-order valence-corrected chi connectivity index (χ2v) is 5.07. The highest BCUT2D eigenvalue weighted by Gasteiger charge is 2.14. The van der Waals surface area contributed by atoms with Gasteiger partial charge in [0.1, 0.15) is 12.4 Å². The first kappa shape index (κ1) is 17.7. The van der Waals surface area contributed by atoms with Crippen molar-refractivity contribution in [2.75, 3.05) is 17.2 Å². The number of carbonyl (C=O) groups excluding carboxylic acids is 1. The molecule has 2 aromatic rings. The molecule has 0 saturated heterocycles. The number of hydrogen-bond acceptors (Lipinski definition) is 4. The van der Waals surface area contributed by atoms with Crippen molar-refractivity contribution >= 4 is 17.3 Å². The molecular formula is C17H18F2N2O3. The van der Waals surface area contributed by atoms with Crippen LogP contribution in [0.4, 0.5) is 20.2 Å². The van der Waals surface area contributed by atoms with Crippen molar-refractivity contribution in [3.05, 3.63) is 54.1 Å². The van der Waals surface area contributed by atoms with Gasteiger partial charge in [0.15, 0.2) is 0 Å². The molecule has 0 aliphatic rings. The second kappa shape index (κ2) is 8.26. The molecule has 0 radical (unpaired) electrons. The van der Waals surface area contributed by atoms with Gasteiger partial charge in [-0.1, -0.05) is 24.3 Å². The molecule has 1 atom stereocenters. The highest BCUT2D eigenvalue weighted by atomic mass is 19.3. The fourth-order valence-corrected chi connectivity index (χ4v) is 2.26. The Morgan fingerprint density at radius 1 is 1.17 bits per heavy atom. The van der Waals surface area contributed by atoms with E-state index in [0.717, 1.165) is 0 Å². The first-order chi connectivity index (χ1) is 11.5. The monoisotopic (exact) mass is 336 g/mol. The number of anilines is 2. The van der Waals surface area contributed by atoms with Gasteiger partial charge in [-0.25, -0.2) is 0 Å². The summed E-state index contributed by atoms with van der Waals surface area (Å²) in [5.41, 5.74) is 1.79. The molecule has 2 aromatic carbocycles. The Morgan fingerprint density at radius 3 is 2.58 bits per heavy atom. The van der Waals surface area contributed by atoms with E-state index in [1.165, 1.54) is 6.07 Å². The van der Waals surface area contributed by atoms with Crippen LogP contribution in [0.5, 0.6) is 5.75 Å². The summed E-state index contributed by atoms with van der Waals surface area (Å²) < 4.78 is 29.5. The summed E-state index contributed by atoms with van der Waals surface area (Å²) in [5, 5.41) is 14.5. The van der Waals surface area contributed by atoms with E-state index < -0.39 is 19.1 Å². The van der Waals surface area contributed by atoms with Gasteiger partial charge in [0.05, 0.1) is 6.04 Å². The maximum atomic E-state index is 12.5. The molecule has 0 aliphatic heterocycles. The predicted octanol–water partition coefficient (Wildman–Crippen LogP) is 3.39. The number of halogens is 2. The molecular weight excluding hydrogens is 318 g/mol. The third-order valence-electron chi connectivity index (χ3n) is 3.27. The fourth-order valence-electron chi connectivity index (χ4n) is 2.26. The van der Waals surface area contributed by atoms with Crippen molar-refractivity contribution in [2.24, 2.45) is 0 Å². The molecule has 0 heterocycles. The molecule has 0 bridgehead atoms. The van der Waals surface area contributed by atoms with Crippen molar-refractivity contribution in [3.8, 4) is 5.75 Å². The Hall–Kier alpha value is -2.67. The number of carbonyl (C=O) groups is 1. The minimum Gasteiger partial charge on any atom is -0.434 e. The molecule has 1 unspecified atom stereocenters. The molecule has 0 spiro atoms. The molecule has 1 amide bonds. The van der Waals surface area contributed by atoms with Crippen LogP contribution in [-0.4, -0.2) is 24.2 Å². The summed E-state index contributed by atoms with van der Waals surface area (Å²) >= 11 is 0. The third-order valence-corrected chi connectivity index (χ3v) is 3.27. The van der Waals surface area contributed by atoms with E-state index in [1.807, 2.05) is 6.92 Å². The van der Waals surface area contributed by atoms with Crippen molar-refractivity contribution in [1.82, 2.24) is 0 Å². The summed E-state index contributed by atoms with van der Waals surface area (Å²) in [4.78, 5) is 11.2. The van der Waals surface area contributed by atoms with Crippen molar-refractivity contribution in [1.29, 1.82) is 0 Å². The van der Waals surface area contributed by atoms with Crippen molar-refractivity contribution < 1.29 is 23.4 Å². The fraction of sp³-hybridized carbons (Fsp3) is 0.235. The molecule has 0 aromatic heterocycles. The maximum absolute atomic E-state index is 12.5. The van der Waals surface area contributed by atoms with E-state index in [0.29, 0.717) is 16.9 Å². The van der Waals surface area contributed by atoms with E-state index >= 15 is 0 Å². The zero-order chi connectivity index (χ0) is 17.5. The summed E-state index contributed by atoms with van der Waals surface area (Å²) in [7, 11) is 0. The Bertz CT molecular complexity index is 695. The number of benzene rings is 2. The molecule has 2 rings (SSSR count). The van der Waals surface area contributed by atoms with Crippen molar-refractivity contribution in [2.45, 2.75) is 19.6 Å². The molecule has 3 N–H and O–H groups in total. The first-order valence-electron chi connectivity index (χ1n) is 7.30. The number of ether oxygens (including phenoxy) is 1. The van der Waals surface area contributed by atoms with Gasteiger partial charge in [-0.2, -0.15) is 8.78 Å². The second-order valence-electron chi connectivity index (χ2n) is 5.07. The van der Waals surface area contributed by atoms with Crippen LogP contribution in [0, 0.1) is 0 Å².